The molecule has 0 bridgehead atoms. The van der Waals surface area contributed by atoms with Crippen LogP contribution in [0.25, 0.3) is 22.0 Å². The Morgan fingerprint density at radius 1 is 1.21 bits per heavy atom. The number of nitrogens with one attached hydrogen (secondary N) is 1. The molecule has 0 saturated heterocycles. The monoisotopic (exact) mass is 469 g/mol. The van der Waals surface area contributed by atoms with Crippen molar-refractivity contribution in [1.29, 1.82) is 0 Å². The number of hydrogen-bond donors (Lipinski definition) is 2. The van der Waals surface area contributed by atoms with E-state index in [0.717, 1.165) is 5.56 Å². The number of hydrogen-bond acceptors (Lipinski definition) is 6. The van der Waals surface area contributed by atoms with Crippen LogP contribution in [0, 0.1) is 12.8 Å². The van der Waals surface area contributed by atoms with Crippen LogP contribution in [-0.2, 0) is 4.79 Å². The van der Waals surface area contributed by atoms with Gasteiger partial charge in [-0.1, -0.05) is 6.92 Å². The van der Waals surface area contributed by atoms with Crippen molar-refractivity contribution in [2.45, 2.75) is 38.7 Å². The van der Waals surface area contributed by atoms with Gasteiger partial charge in [0.1, 0.15) is 17.4 Å². The lowest BCUT2D eigenvalue weighted by molar-refractivity contribution is -0.119. The van der Waals surface area contributed by atoms with Gasteiger partial charge in [0.15, 0.2) is 0 Å². The summed E-state index contributed by atoms with van der Waals surface area (Å²) in [6.45, 7) is 3.72. The molecule has 8 nitrogen and oxygen atoms in total. The molecule has 2 atom stereocenters. The second-order valence-electron chi connectivity index (χ2n) is 8.70. The summed E-state index contributed by atoms with van der Waals surface area (Å²) in [4.78, 5) is 39.5. The molecular weight excluding hydrogens is 444 g/mol. The normalized spacial score (nSPS) is 17.3. The van der Waals surface area contributed by atoms with Crippen LogP contribution in [0.3, 0.4) is 0 Å². The van der Waals surface area contributed by atoms with Crippen molar-refractivity contribution in [3.05, 3.63) is 47.5 Å². The van der Waals surface area contributed by atoms with Crippen LogP contribution in [0.4, 0.5) is 14.6 Å². The summed E-state index contributed by atoms with van der Waals surface area (Å²) in [6, 6.07) is 4.99. The van der Waals surface area contributed by atoms with Crippen LogP contribution in [0.1, 0.15) is 47.6 Å². The van der Waals surface area contributed by atoms with Crippen molar-refractivity contribution in [2.24, 2.45) is 5.92 Å². The molecule has 0 radical (unpaired) electrons. The smallest absolute Gasteiger partial charge is 0.272 e. The number of rotatable bonds is 6. The number of nitrogens with zero attached hydrogens (tertiary/aromatic N) is 4. The zero-order valence-electron chi connectivity index (χ0n) is 19.3. The van der Waals surface area contributed by atoms with Crippen LogP contribution in [0.5, 0.6) is 0 Å². The topological polar surface area (TPSA) is 108 Å². The molecule has 178 valence electrons. The quantitative estimate of drug-likeness (QED) is 0.569. The summed E-state index contributed by atoms with van der Waals surface area (Å²) >= 11 is 0. The van der Waals surface area contributed by atoms with Gasteiger partial charge in [-0.25, -0.2) is 18.7 Å². The van der Waals surface area contributed by atoms with Gasteiger partial charge in [-0.2, -0.15) is 0 Å². The Kier molecular flexibility index (Phi) is 6.03. The first-order valence-corrected chi connectivity index (χ1v) is 10.9. The standard InChI is InChI=1S/C24H25F2N5O3/c1-5-19(32)18-6-12(2)15(11-27-18)14-7-13-10-28-20(30-22(33)16-9-24(16,25)26)8-17(13)29-21(14)23(34)31(3)4/h6-8,10-11,16,19,32H,5,9H2,1-4H3,(H,28,30,33)/t16-,19-/m1/s1. The fourth-order valence-corrected chi connectivity index (χ4v) is 3.68. The van der Waals surface area contributed by atoms with E-state index in [2.05, 4.69) is 20.3 Å². The third-order valence-electron chi connectivity index (χ3n) is 5.85. The first kappa shape index (κ1) is 23.6. The number of aryl methyl sites for hydroxylation is 1. The minimum atomic E-state index is -2.98. The summed E-state index contributed by atoms with van der Waals surface area (Å²) in [5.74, 6) is -5.38. The third kappa shape index (κ3) is 4.45. The zero-order valence-corrected chi connectivity index (χ0v) is 19.3. The summed E-state index contributed by atoms with van der Waals surface area (Å²) in [5.41, 5.74) is 3.13. The molecule has 1 saturated carbocycles. The molecule has 4 rings (SSSR count). The van der Waals surface area contributed by atoms with Crippen molar-refractivity contribution in [3.8, 4) is 11.1 Å². The van der Waals surface area contributed by atoms with E-state index in [0.29, 0.717) is 34.1 Å². The van der Waals surface area contributed by atoms with E-state index in [1.165, 1.54) is 17.2 Å². The van der Waals surface area contributed by atoms with Crippen molar-refractivity contribution in [1.82, 2.24) is 19.9 Å². The Bertz CT molecular complexity index is 1300. The lowest BCUT2D eigenvalue weighted by Gasteiger charge is -2.17. The van der Waals surface area contributed by atoms with Crippen LogP contribution < -0.4 is 5.32 Å². The van der Waals surface area contributed by atoms with Crippen molar-refractivity contribution in [2.75, 3.05) is 19.4 Å². The minimum absolute atomic E-state index is 0.0828. The summed E-state index contributed by atoms with van der Waals surface area (Å²) < 4.78 is 26.4. The molecule has 0 spiro atoms. The Morgan fingerprint density at radius 3 is 2.50 bits per heavy atom. The maximum absolute atomic E-state index is 13.2. The maximum atomic E-state index is 13.2. The van der Waals surface area contributed by atoms with Crippen molar-refractivity contribution in [3.63, 3.8) is 0 Å². The number of aliphatic hydroxyl groups excluding tert-OH is 1. The van der Waals surface area contributed by atoms with E-state index in [-0.39, 0.29) is 17.4 Å². The Hall–Kier alpha value is -3.53. The highest BCUT2D eigenvalue weighted by Crippen LogP contribution is 2.49. The molecule has 3 heterocycles. The van der Waals surface area contributed by atoms with Gasteiger partial charge in [0.25, 0.3) is 11.8 Å². The molecule has 1 aliphatic rings. The van der Waals surface area contributed by atoms with Crippen LogP contribution in [0.2, 0.25) is 0 Å². The fraction of sp³-hybridized carbons (Fsp3) is 0.375. The van der Waals surface area contributed by atoms with E-state index < -0.39 is 30.3 Å². The number of carbonyl (C=O) groups excluding carboxylic acids is 2. The molecule has 2 amide bonds. The van der Waals surface area contributed by atoms with Crippen molar-refractivity contribution < 1.29 is 23.5 Å². The Morgan fingerprint density at radius 2 is 1.91 bits per heavy atom. The number of anilines is 1. The second kappa shape index (κ2) is 8.68. The molecule has 0 unspecified atom stereocenters. The molecule has 3 aromatic rings. The van der Waals surface area contributed by atoms with Gasteiger partial charge < -0.3 is 15.3 Å². The average Bonchev–Trinajstić information content (AvgIpc) is 3.45. The number of aromatic nitrogens is 3. The largest absolute Gasteiger partial charge is 0.387 e. The molecular formula is C24H25F2N5O3. The lowest BCUT2D eigenvalue weighted by atomic mass is 9.97. The molecule has 3 aromatic heterocycles. The van der Waals surface area contributed by atoms with Crippen LogP contribution >= 0.6 is 0 Å². The van der Waals surface area contributed by atoms with Gasteiger partial charge >= 0.3 is 0 Å². The second-order valence-corrected chi connectivity index (χ2v) is 8.70. The van der Waals surface area contributed by atoms with E-state index >= 15 is 0 Å². The predicted octanol–water partition coefficient (Wildman–Crippen LogP) is 3.74. The number of aliphatic hydroxyl groups is 1. The van der Waals surface area contributed by atoms with Gasteiger partial charge in [0.05, 0.1) is 17.3 Å². The molecule has 1 fully saturated rings. The number of pyridine rings is 3. The highest BCUT2D eigenvalue weighted by atomic mass is 19.3. The van der Waals surface area contributed by atoms with E-state index in [4.69, 9.17) is 0 Å². The molecule has 1 aliphatic carbocycles. The molecule has 0 aliphatic heterocycles. The van der Waals surface area contributed by atoms with Crippen molar-refractivity contribution >= 4 is 28.5 Å². The van der Waals surface area contributed by atoms with Crippen LogP contribution in [-0.4, -0.2) is 56.8 Å². The first-order chi connectivity index (χ1) is 16.0. The highest BCUT2D eigenvalue weighted by Gasteiger charge is 2.61. The SMILES string of the molecule is CC[C@@H](O)c1cc(C)c(-c2cc3cnc(NC(=O)[C@H]4CC4(F)F)cc3nc2C(=O)N(C)C)cn1. The molecule has 2 N–H and O–H groups in total. The van der Waals surface area contributed by atoms with Gasteiger partial charge in [0, 0.05) is 55.5 Å². The number of halogens is 2. The fourth-order valence-electron chi connectivity index (χ4n) is 3.68. The van der Waals surface area contributed by atoms with E-state index in [1.54, 1.807) is 32.4 Å². The zero-order chi connectivity index (χ0) is 24.8. The highest BCUT2D eigenvalue weighted by molar-refractivity contribution is 6.03. The van der Waals surface area contributed by atoms with E-state index in [1.807, 2.05) is 13.8 Å². The molecule has 10 heteroatoms. The summed E-state index contributed by atoms with van der Waals surface area (Å²) in [6.07, 6.45) is 2.44. The number of carbonyl (C=O) groups is 2. The molecule has 0 aromatic carbocycles. The Balaban J connectivity index is 1.77. The predicted molar refractivity (Wildman–Crippen MR) is 122 cm³/mol. The number of fused-ring (bicyclic) bond motifs is 1. The summed E-state index contributed by atoms with van der Waals surface area (Å²) in [7, 11) is 3.22. The molecule has 34 heavy (non-hydrogen) atoms. The average molecular weight is 469 g/mol. The summed E-state index contributed by atoms with van der Waals surface area (Å²) in [5, 5.41) is 13.1. The van der Waals surface area contributed by atoms with Gasteiger partial charge in [0.2, 0.25) is 5.91 Å². The van der Waals surface area contributed by atoms with Gasteiger partial charge in [-0.05, 0) is 31.0 Å². The van der Waals surface area contributed by atoms with E-state index in [9.17, 15) is 23.5 Å². The first-order valence-electron chi connectivity index (χ1n) is 10.9. The number of amides is 2. The lowest BCUT2D eigenvalue weighted by Crippen LogP contribution is -2.24. The van der Waals surface area contributed by atoms with Gasteiger partial charge in [-0.15, -0.1) is 0 Å². The van der Waals surface area contributed by atoms with Crippen LogP contribution in [0.15, 0.2) is 30.6 Å². The third-order valence-corrected chi connectivity index (χ3v) is 5.85. The maximum Gasteiger partial charge on any atom is 0.272 e. The minimum Gasteiger partial charge on any atom is -0.387 e. The Labute approximate surface area is 195 Å². The van der Waals surface area contributed by atoms with Gasteiger partial charge in [-0.3, -0.25) is 14.6 Å². The number of alkyl halides is 2.